The van der Waals surface area contributed by atoms with E-state index in [1.165, 1.54) is 22.3 Å². The summed E-state index contributed by atoms with van der Waals surface area (Å²) in [7, 11) is 0. The first-order chi connectivity index (χ1) is 17.2. The molecule has 2 aromatic carbocycles. The molecule has 1 unspecified atom stereocenters. The van der Waals surface area contributed by atoms with Gasteiger partial charge in [-0.25, -0.2) is 4.79 Å². The third-order valence-corrected chi connectivity index (χ3v) is 7.52. The number of likely N-dealkylation sites (tertiary alicyclic amines) is 1. The van der Waals surface area contributed by atoms with E-state index < -0.39 is 12.1 Å². The number of nitrogens with zero attached hydrogens (tertiary/aromatic N) is 1. The summed E-state index contributed by atoms with van der Waals surface area (Å²) in [5.41, 5.74) is 5.34. The van der Waals surface area contributed by atoms with E-state index in [9.17, 15) is 14.7 Å². The van der Waals surface area contributed by atoms with Crippen molar-refractivity contribution in [2.24, 2.45) is 5.92 Å². The zero-order chi connectivity index (χ0) is 26.2. The Bertz CT molecular complexity index is 921. The standard InChI is InChI=1S/C31H43NO4/c1-6-7-28(31(34)35)36-20-29(33)32-18-16-27(17-19-32)30(25-12-8-23(9-13-25)21(2)3)26-14-10-24(11-15-26)22(4)5/h8-15,21-22,27-28,30H,6-7,16-20H2,1-5H3,(H,34,35). The van der Waals surface area contributed by atoms with E-state index in [0.717, 1.165) is 12.8 Å². The quantitative estimate of drug-likeness (QED) is 0.384. The van der Waals surface area contributed by atoms with Crippen LogP contribution in [-0.2, 0) is 14.3 Å². The molecule has 0 saturated carbocycles. The van der Waals surface area contributed by atoms with Crippen molar-refractivity contribution < 1.29 is 19.4 Å². The Kier molecular flexibility index (Phi) is 10.1. The average Bonchev–Trinajstić information content (AvgIpc) is 2.87. The maximum Gasteiger partial charge on any atom is 0.332 e. The van der Waals surface area contributed by atoms with E-state index in [1.807, 2.05) is 11.8 Å². The molecule has 0 aliphatic carbocycles. The topological polar surface area (TPSA) is 66.8 Å². The van der Waals surface area contributed by atoms with Gasteiger partial charge < -0.3 is 14.7 Å². The third-order valence-electron chi connectivity index (χ3n) is 7.52. The van der Waals surface area contributed by atoms with Gasteiger partial charge in [-0.15, -0.1) is 0 Å². The maximum absolute atomic E-state index is 12.8. The summed E-state index contributed by atoms with van der Waals surface area (Å²) in [6.07, 6.45) is 2.02. The number of hydrogen-bond acceptors (Lipinski definition) is 3. The highest BCUT2D eigenvalue weighted by Gasteiger charge is 2.31. The largest absolute Gasteiger partial charge is 0.479 e. The van der Waals surface area contributed by atoms with Gasteiger partial charge in [0.05, 0.1) is 0 Å². The van der Waals surface area contributed by atoms with Gasteiger partial charge in [-0.2, -0.15) is 0 Å². The summed E-state index contributed by atoms with van der Waals surface area (Å²) in [5.74, 6) is 0.585. The number of aliphatic carboxylic acids is 1. The number of piperidine rings is 1. The highest BCUT2D eigenvalue weighted by atomic mass is 16.5. The van der Waals surface area contributed by atoms with Crippen LogP contribution < -0.4 is 0 Å². The second kappa shape index (κ2) is 13.0. The van der Waals surface area contributed by atoms with Crippen LogP contribution in [0.15, 0.2) is 48.5 Å². The summed E-state index contributed by atoms with van der Waals surface area (Å²) >= 11 is 0. The van der Waals surface area contributed by atoms with Crippen molar-refractivity contribution in [2.45, 2.75) is 84.2 Å². The number of rotatable bonds is 11. The Morgan fingerprint density at radius 3 is 1.69 bits per heavy atom. The molecule has 1 aliphatic heterocycles. The van der Waals surface area contributed by atoms with Crippen LogP contribution >= 0.6 is 0 Å². The molecule has 1 N–H and O–H groups in total. The lowest BCUT2D eigenvalue weighted by molar-refractivity contribution is -0.155. The van der Waals surface area contributed by atoms with E-state index in [-0.39, 0.29) is 18.4 Å². The van der Waals surface area contributed by atoms with Crippen molar-refractivity contribution >= 4 is 11.9 Å². The Morgan fingerprint density at radius 2 is 1.31 bits per heavy atom. The van der Waals surface area contributed by atoms with E-state index in [4.69, 9.17) is 4.74 Å². The number of carbonyl (C=O) groups is 2. The van der Waals surface area contributed by atoms with Gasteiger partial charge in [-0.3, -0.25) is 4.79 Å². The van der Waals surface area contributed by atoms with Crippen molar-refractivity contribution in [3.63, 3.8) is 0 Å². The number of carbonyl (C=O) groups excluding carboxylic acids is 1. The first kappa shape index (κ1) is 27.9. The Morgan fingerprint density at radius 1 is 0.861 bits per heavy atom. The number of hydrogen-bond donors (Lipinski definition) is 1. The van der Waals surface area contributed by atoms with E-state index in [2.05, 4.69) is 76.2 Å². The molecular formula is C31H43NO4. The number of carboxylic acid groups (broad SMARTS) is 1. The lowest BCUT2D eigenvalue weighted by Gasteiger charge is -2.37. The maximum atomic E-state index is 12.8. The molecule has 3 rings (SSSR count). The zero-order valence-electron chi connectivity index (χ0n) is 22.6. The van der Waals surface area contributed by atoms with Gasteiger partial charge in [-0.05, 0) is 59.3 Å². The first-order valence-electron chi connectivity index (χ1n) is 13.5. The molecule has 1 amide bonds. The van der Waals surface area contributed by atoms with Gasteiger partial charge in [0.25, 0.3) is 0 Å². The summed E-state index contributed by atoms with van der Waals surface area (Å²) in [5, 5.41) is 9.28. The Balaban J connectivity index is 1.72. The molecule has 5 heteroatoms. The van der Waals surface area contributed by atoms with Crippen molar-refractivity contribution in [2.75, 3.05) is 19.7 Å². The zero-order valence-corrected chi connectivity index (χ0v) is 22.6. The van der Waals surface area contributed by atoms with Crippen molar-refractivity contribution in [3.05, 3.63) is 70.8 Å². The fourth-order valence-corrected chi connectivity index (χ4v) is 5.20. The van der Waals surface area contributed by atoms with Crippen LogP contribution in [0.2, 0.25) is 0 Å². The minimum Gasteiger partial charge on any atom is -0.479 e. The van der Waals surface area contributed by atoms with Crippen molar-refractivity contribution in [3.8, 4) is 0 Å². The second-order valence-corrected chi connectivity index (χ2v) is 10.8. The minimum atomic E-state index is -1.00. The number of amides is 1. The van der Waals surface area contributed by atoms with Crippen LogP contribution in [0.4, 0.5) is 0 Å². The van der Waals surface area contributed by atoms with Gasteiger partial charge in [0, 0.05) is 19.0 Å². The third kappa shape index (κ3) is 7.19. The normalized spacial score (nSPS) is 15.6. The van der Waals surface area contributed by atoms with Gasteiger partial charge in [0.2, 0.25) is 5.91 Å². The van der Waals surface area contributed by atoms with E-state index in [0.29, 0.717) is 43.7 Å². The smallest absolute Gasteiger partial charge is 0.332 e. The van der Waals surface area contributed by atoms with Gasteiger partial charge in [0.15, 0.2) is 6.10 Å². The molecule has 0 spiro atoms. The molecule has 5 nitrogen and oxygen atoms in total. The molecule has 0 aromatic heterocycles. The molecule has 1 atom stereocenters. The monoisotopic (exact) mass is 493 g/mol. The number of carboxylic acids is 1. The molecule has 1 saturated heterocycles. The molecule has 0 radical (unpaired) electrons. The van der Waals surface area contributed by atoms with Crippen LogP contribution in [0.3, 0.4) is 0 Å². The van der Waals surface area contributed by atoms with Crippen LogP contribution in [0, 0.1) is 5.92 Å². The number of benzene rings is 2. The van der Waals surface area contributed by atoms with Crippen molar-refractivity contribution in [1.29, 1.82) is 0 Å². The molecule has 2 aromatic rings. The Labute approximate surface area is 216 Å². The molecule has 1 heterocycles. The molecular weight excluding hydrogens is 450 g/mol. The van der Waals surface area contributed by atoms with E-state index >= 15 is 0 Å². The molecule has 1 aliphatic rings. The Hall–Kier alpha value is -2.66. The van der Waals surface area contributed by atoms with Crippen LogP contribution in [0.5, 0.6) is 0 Å². The van der Waals surface area contributed by atoms with Crippen LogP contribution in [0.25, 0.3) is 0 Å². The molecule has 196 valence electrons. The average molecular weight is 494 g/mol. The van der Waals surface area contributed by atoms with Crippen molar-refractivity contribution in [1.82, 2.24) is 4.90 Å². The van der Waals surface area contributed by atoms with E-state index in [1.54, 1.807) is 0 Å². The summed E-state index contributed by atoms with van der Waals surface area (Å²) < 4.78 is 5.44. The van der Waals surface area contributed by atoms with Gasteiger partial charge in [0.1, 0.15) is 6.61 Å². The van der Waals surface area contributed by atoms with Crippen LogP contribution in [0.1, 0.15) is 100 Å². The van der Waals surface area contributed by atoms with Gasteiger partial charge in [-0.1, -0.05) is 89.6 Å². The lowest BCUT2D eigenvalue weighted by atomic mass is 9.75. The summed E-state index contributed by atoms with van der Waals surface area (Å²) in [6, 6.07) is 18.1. The predicted molar refractivity (Wildman–Crippen MR) is 144 cm³/mol. The molecule has 0 bridgehead atoms. The molecule has 1 fully saturated rings. The lowest BCUT2D eigenvalue weighted by Crippen LogP contribution is -2.42. The number of ether oxygens (including phenoxy) is 1. The fourth-order valence-electron chi connectivity index (χ4n) is 5.20. The highest BCUT2D eigenvalue weighted by molar-refractivity contribution is 5.78. The minimum absolute atomic E-state index is 0.116. The molecule has 36 heavy (non-hydrogen) atoms. The van der Waals surface area contributed by atoms with Gasteiger partial charge >= 0.3 is 5.97 Å². The highest BCUT2D eigenvalue weighted by Crippen LogP contribution is 2.39. The SMILES string of the molecule is CCCC(OCC(=O)N1CCC(C(c2ccc(C(C)C)cc2)c2ccc(C(C)C)cc2)CC1)C(=O)O. The summed E-state index contributed by atoms with van der Waals surface area (Å²) in [4.78, 5) is 25.9. The predicted octanol–water partition coefficient (Wildman–Crippen LogP) is 6.57. The summed E-state index contributed by atoms with van der Waals surface area (Å²) in [6.45, 7) is 11.9. The van der Waals surface area contributed by atoms with Crippen LogP contribution in [-0.4, -0.2) is 47.7 Å². The fraction of sp³-hybridized carbons (Fsp3) is 0.548. The first-order valence-corrected chi connectivity index (χ1v) is 13.5. The second-order valence-electron chi connectivity index (χ2n) is 10.8.